The van der Waals surface area contributed by atoms with Crippen LogP contribution in [0.3, 0.4) is 0 Å². The molecule has 12 aromatic carbocycles. The van der Waals surface area contributed by atoms with Gasteiger partial charge in [0.25, 0.3) is 0 Å². The van der Waals surface area contributed by atoms with Crippen molar-refractivity contribution in [3.05, 3.63) is 265 Å². The Morgan fingerprint density at radius 3 is 1.52 bits per heavy atom. The first-order valence-corrected chi connectivity index (χ1v) is 23.1. The molecule has 1 aliphatic rings. The van der Waals surface area contributed by atoms with Crippen LogP contribution >= 0.6 is 0 Å². The van der Waals surface area contributed by atoms with Crippen LogP contribution in [0.15, 0.2) is 249 Å². The fraction of sp³-hybridized carbons (Fsp3) is 0.0303. The van der Waals surface area contributed by atoms with Gasteiger partial charge in [-0.1, -0.05) is 212 Å². The topological polar surface area (TPSA) is 0 Å². The number of fused-ring (bicyclic) bond motifs is 8. The predicted molar refractivity (Wildman–Crippen MR) is 281 cm³/mol. The molecule has 0 radical (unpaired) electrons. The Kier molecular flexibility index (Phi) is 8.76. The molecule has 0 heterocycles. The Labute approximate surface area is 385 Å². The van der Waals surface area contributed by atoms with Gasteiger partial charge in [0.1, 0.15) is 0 Å². The molecule has 1 unspecified atom stereocenters. The molecule has 0 nitrogen and oxygen atoms in total. The fourth-order valence-corrected chi connectivity index (χ4v) is 11.3. The van der Waals surface area contributed by atoms with Crippen LogP contribution < -0.4 is 0 Å². The SMILES string of the molecule is CC1(c2ccccc2)c2cc(-c3cc(-c4ccccc4)cc(-c4c5ccccc5c(-c5ccccc5-c5ccccc5)c5ccc6ccccc6c45)c3)ccc2-c2cc3ccccc3cc21. The van der Waals surface area contributed by atoms with Gasteiger partial charge in [-0.05, 0) is 170 Å². The highest BCUT2D eigenvalue weighted by atomic mass is 14.4. The van der Waals surface area contributed by atoms with E-state index in [4.69, 9.17) is 0 Å². The molecular weight excluding hydrogens is 793 g/mol. The normalized spacial score (nSPS) is 14.2. The molecule has 0 aromatic heterocycles. The Bertz CT molecular complexity index is 3860. The summed E-state index contributed by atoms with van der Waals surface area (Å²) in [5.74, 6) is 0. The average molecular weight is 837 g/mol. The van der Waals surface area contributed by atoms with E-state index in [9.17, 15) is 0 Å². The summed E-state index contributed by atoms with van der Waals surface area (Å²) in [6.07, 6.45) is 0. The maximum absolute atomic E-state index is 2.50. The maximum atomic E-state index is 2.50. The molecule has 1 aliphatic carbocycles. The lowest BCUT2D eigenvalue weighted by Gasteiger charge is -2.29. The molecule has 0 fully saturated rings. The van der Waals surface area contributed by atoms with Gasteiger partial charge < -0.3 is 0 Å². The summed E-state index contributed by atoms with van der Waals surface area (Å²) >= 11 is 0. The Morgan fingerprint density at radius 2 is 0.788 bits per heavy atom. The second kappa shape index (κ2) is 15.2. The van der Waals surface area contributed by atoms with Gasteiger partial charge in [-0.3, -0.25) is 0 Å². The largest absolute Gasteiger partial charge is 0.0622 e. The monoisotopic (exact) mass is 836 g/mol. The van der Waals surface area contributed by atoms with Gasteiger partial charge in [-0.25, -0.2) is 0 Å². The zero-order chi connectivity index (χ0) is 43.8. The molecule has 12 aromatic rings. The van der Waals surface area contributed by atoms with E-state index in [1.54, 1.807) is 0 Å². The van der Waals surface area contributed by atoms with E-state index in [-0.39, 0.29) is 5.41 Å². The first kappa shape index (κ1) is 38.2. The number of rotatable bonds is 6. The molecule has 0 spiro atoms. The molecule has 308 valence electrons. The van der Waals surface area contributed by atoms with Crippen molar-refractivity contribution in [1.82, 2.24) is 0 Å². The summed E-state index contributed by atoms with van der Waals surface area (Å²) in [5.41, 5.74) is 18.5. The van der Waals surface area contributed by atoms with E-state index in [0.29, 0.717) is 0 Å². The van der Waals surface area contributed by atoms with E-state index in [2.05, 4.69) is 256 Å². The van der Waals surface area contributed by atoms with Crippen molar-refractivity contribution >= 4 is 43.1 Å². The van der Waals surface area contributed by atoms with Crippen molar-refractivity contribution in [2.75, 3.05) is 0 Å². The van der Waals surface area contributed by atoms with Crippen LogP contribution in [0.5, 0.6) is 0 Å². The van der Waals surface area contributed by atoms with Gasteiger partial charge in [-0.2, -0.15) is 0 Å². The molecule has 66 heavy (non-hydrogen) atoms. The molecule has 0 bridgehead atoms. The lowest BCUT2D eigenvalue weighted by Crippen LogP contribution is -2.22. The quantitative estimate of drug-likeness (QED) is 0.116. The summed E-state index contributed by atoms with van der Waals surface area (Å²) in [7, 11) is 0. The fourth-order valence-electron chi connectivity index (χ4n) is 11.3. The van der Waals surface area contributed by atoms with Crippen molar-refractivity contribution in [3.63, 3.8) is 0 Å². The van der Waals surface area contributed by atoms with Crippen molar-refractivity contribution in [2.24, 2.45) is 0 Å². The van der Waals surface area contributed by atoms with Crippen LogP contribution in [0.1, 0.15) is 23.6 Å². The van der Waals surface area contributed by atoms with Crippen molar-refractivity contribution < 1.29 is 0 Å². The maximum Gasteiger partial charge on any atom is 0.0435 e. The molecule has 0 saturated heterocycles. The highest BCUT2D eigenvalue weighted by Gasteiger charge is 2.41. The molecule has 0 saturated carbocycles. The molecule has 0 aliphatic heterocycles. The van der Waals surface area contributed by atoms with Crippen LogP contribution in [0, 0.1) is 0 Å². The molecule has 0 heteroatoms. The predicted octanol–water partition coefficient (Wildman–Crippen LogP) is 18.0. The summed E-state index contributed by atoms with van der Waals surface area (Å²) in [5, 5.41) is 10.0. The standard InChI is InChI=1S/C66H44/c1-66(52-26-9-4-10-27-52)61-42-48(34-35-55(61)60-40-46-24-11-12-25-47(46)41-62(60)66)50-37-49(43-19-5-2-6-20-43)38-51(39-50)63-57-31-17-18-32-58(57)64(59-36-33-45-23-13-14-29-54(45)65(59)63)56-30-16-15-28-53(56)44-21-7-3-8-22-44/h2-42H,1H3. The van der Waals surface area contributed by atoms with Crippen molar-refractivity contribution in [3.8, 4) is 66.8 Å². The highest BCUT2D eigenvalue weighted by molar-refractivity contribution is 6.28. The van der Waals surface area contributed by atoms with E-state index in [1.807, 2.05) is 0 Å². The Morgan fingerprint density at radius 1 is 0.258 bits per heavy atom. The molecule has 1 atom stereocenters. The van der Waals surface area contributed by atoms with Crippen molar-refractivity contribution in [1.29, 1.82) is 0 Å². The molecule has 0 N–H and O–H groups in total. The Balaban J connectivity index is 1.10. The first-order chi connectivity index (χ1) is 32.6. The molecular formula is C66H44. The molecule has 13 rings (SSSR count). The summed E-state index contributed by atoms with van der Waals surface area (Å²) in [6.45, 7) is 2.43. The minimum atomic E-state index is -0.344. The van der Waals surface area contributed by atoms with Crippen LogP contribution in [-0.2, 0) is 5.41 Å². The van der Waals surface area contributed by atoms with Crippen LogP contribution in [0.4, 0.5) is 0 Å². The van der Waals surface area contributed by atoms with Crippen LogP contribution in [-0.4, -0.2) is 0 Å². The highest BCUT2D eigenvalue weighted by Crippen LogP contribution is 2.55. The van der Waals surface area contributed by atoms with Crippen molar-refractivity contribution in [2.45, 2.75) is 12.3 Å². The number of hydrogen-bond donors (Lipinski definition) is 0. The van der Waals surface area contributed by atoms with Crippen LogP contribution in [0.25, 0.3) is 110 Å². The van der Waals surface area contributed by atoms with Gasteiger partial charge in [0.2, 0.25) is 0 Å². The van der Waals surface area contributed by atoms with Gasteiger partial charge in [0, 0.05) is 5.41 Å². The van der Waals surface area contributed by atoms with Gasteiger partial charge >= 0.3 is 0 Å². The summed E-state index contributed by atoms with van der Waals surface area (Å²) < 4.78 is 0. The Hall–Kier alpha value is -8.32. The van der Waals surface area contributed by atoms with E-state index >= 15 is 0 Å². The lowest BCUT2D eigenvalue weighted by molar-refractivity contribution is 0.715. The van der Waals surface area contributed by atoms with E-state index in [0.717, 1.165) is 0 Å². The average Bonchev–Trinajstić information content (AvgIpc) is 3.64. The minimum Gasteiger partial charge on any atom is -0.0622 e. The smallest absolute Gasteiger partial charge is 0.0435 e. The summed E-state index contributed by atoms with van der Waals surface area (Å²) in [4.78, 5) is 0. The second-order valence-electron chi connectivity index (χ2n) is 18.1. The molecule has 0 amide bonds. The second-order valence-corrected chi connectivity index (χ2v) is 18.1. The van der Waals surface area contributed by atoms with E-state index in [1.165, 1.54) is 127 Å². The summed E-state index contributed by atoms with van der Waals surface area (Å²) in [6, 6.07) is 92.7. The third-order valence-corrected chi connectivity index (χ3v) is 14.5. The lowest BCUT2D eigenvalue weighted by atomic mass is 9.73. The first-order valence-electron chi connectivity index (χ1n) is 23.1. The van der Waals surface area contributed by atoms with E-state index < -0.39 is 0 Å². The number of hydrogen-bond acceptors (Lipinski definition) is 0. The van der Waals surface area contributed by atoms with Gasteiger partial charge in [0.15, 0.2) is 0 Å². The van der Waals surface area contributed by atoms with Crippen LogP contribution in [0.2, 0.25) is 0 Å². The third-order valence-electron chi connectivity index (χ3n) is 14.5. The minimum absolute atomic E-state index is 0.344. The van der Waals surface area contributed by atoms with Gasteiger partial charge in [-0.15, -0.1) is 0 Å². The number of benzene rings is 12. The zero-order valence-corrected chi connectivity index (χ0v) is 36.7. The van der Waals surface area contributed by atoms with Gasteiger partial charge in [0.05, 0.1) is 0 Å². The zero-order valence-electron chi connectivity index (χ0n) is 36.7. The third kappa shape index (κ3) is 5.92.